The average Bonchev–Trinajstić information content (AvgIpc) is 3.36. The van der Waals surface area contributed by atoms with Crippen molar-refractivity contribution in [3.8, 4) is 0 Å². The highest BCUT2D eigenvalue weighted by Crippen LogP contribution is 2.28. The minimum atomic E-state index is -0.224. The Balaban J connectivity index is 1.29. The highest BCUT2D eigenvalue weighted by molar-refractivity contribution is 5.88. The molecule has 0 saturated heterocycles. The van der Waals surface area contributed by atoms with Crippen molar-refractivity contribution in [2.75, 3.05) is 17.2 Å². The number of rotatable bonds is 6. The summed E-state index contributed by atoms with van der Waals surface area (Å²) in [4.78, 5) is 11.8. The largest absolute Gasteiger partial charge is 0.370 e. The van der Waals surface area contributed by atoms with Crippen molar-refractivity contribution < 1.29 is 4.39 Å². The first-order valence-electron chi connectivity index (χ1n) is 9.98. The molecule has 2 aromatic carbocycles. The van der Waals surface area contributed by atoms with E-state index >= 15 is 0 Å². The van der Waals surface area contributed by atoms with E-state index in [0.29, 0.717) is 23.7 Å². The second kappa shape index (κ2) is 7.67. The van der Waals surface area contributed by atoms with Crippen LogP contribution in [0.25, 0.3) is 21.9 Å². The number of aryl methyl sites for hydroxylation is 2. The van der Waals surface area contributed by atoms with Gasteiger partial charge in [-0.25, -0.2) is 14.4 Å². The van der Waals surface area contributed by atoms with Crippen molar-refractivity contribution in [3.63, 3.8) is 0 Å². The van der Waals surface area contributed by atoms with Crippen LogP contribution in [0.4, 0.5) is 21.7 Å². The predicted octanol–water partition coefficient (Wildman–Crippen LogP) is 4.38. The van der Waals surface area contributed by atoms with Crippen LogP contribution in [0.3, 0.4) is 0 Å². The molecular weight excluding hydrogens is 395 g/mol. The summed E-state index contributed by atoms with van der Waals surface area (Å²) in [6.45, 7) is 4.64. The number of nitrogens with one attached hydrogen (secondary N) is 4. The third-order valence-corrected chi connectivity index (χ3v) is 5.38. The van der Waals surface area contributed by atoms with E-state index in [1.807, 2.05) is 44.2 Å². The number of aromatic amines is 2. The Morgan fingerprint density at radius 2 is 1.90 bits per heavy atom. The highest BCUT2D eigenvalue weighted by Gasteiger charge is 2.13. The lowest BCUT2D eigenvalue weighted by Crippen LogP contribution is -2.08. The number of hydrogen-bond donors (Lipinski definition) is 4. The topological polar surface area (TPSA) is 107 Å². The molecule has 0 fully saturated rings. The van der Waals surface area contributed by atoms with Crippen LogP contribution in [0.15, 0.2) is 42.7 Å². The summed E-state index contributed by atoms with van der Waals surface area (Å²) in [6, 6.07) is 10.9. The third kappa shape index (κ3) is 3.65. The molecule has 0 spiro atoms. The molecule has 31 heavy (non-hydrogen) atoms. The van der Waals surface area contributed by atoms with Crippen molar-refractivity contribution in [1.29, 1.82) is 0 Å². The number of aromatic nitrogens is 6. The first-order valence-corrected chi connectivity index (χ1v) is 9.98. The molecule has 0 aliphatic carbocycles. The molecule has 9 heteroatoms. The summed E-state index contributed by atoms with van der Waals surface area (Å²) in [5.74, 6) is 1.15. The fourth-order valence-corrected chi connectivity index (χ4v) is 3.86. The van der Waals surface area contributed by atoms with E-state index in [1.54, 1.807) is 0 Å². The molecule has 3 aromatic heterocycles. The van der Waals surface area contributed by atoms with Crippen molar-refractivity contribution in [1.82, 2.24) is 30.4 Å². The molecule has 0 atom stereocenters. The molecule has 5 rings (SSSR count). The van der Waals surface area contributed by atoms with Crippen LogP contribution >= 0.6 is 0 Å². The van der Waals surface area contributed by atoms with Gasteiger partial charge in [0.05, 0.1) is 11.0 Å². The molecule has 0 aliphatic rings. The second-order valence-corrected chi connectivity index (χ2v) is 7.48. The van der Waals surface area contributed by atoms with Gasteiger partial charge in [0, 0.05) is 29.4 Å². The average molecular weight is 416 g/mol. The number of halogens is 1. The van der Waals surface area contributed by atoms with E-state index < -0.39 is 0 Å². The Labute approximate surface area is 177 Å². The Bertz CT molecular complexity index is 1390. The van der Waals surface area contributed by atoms with Gasteiger partial charge in [-0.1, -0.05) is 11.3 Å². The third-order valence-electron chi connectivity index (χ3n) is 5.38. The molecule has 0 unspecified atom stereocenters. The van der Waals surface area contributed by atoms with Gasteiger partial charge in [0.25, 0.3) is 0 Å². The standard InChI is InChI=1S/C22H21FN8/c1-12-3-5-16(23)22-21(12)15(13(2)27-22)7-8-24-19-10-20(26-11-25-19)28-14-4-6-17-18(9-14)30-31-29-17/h3-6,9-11,27H,7-8H2,1-2H3,(H,29,30,31)(H2,24,25,26,28). The second-order valence-electron chi connectivity index (χ2n) is 7.48. The van der Waals surface area contributed by atoms with Crippen molar-refractivity contribution in [2.45, 2.75) is 20.3 Å². The zero-order valence-corrected chi connectivity index (χ0v) is 17.1. The quantitative estimate of drug-likeness (QED) is 0.327. The van der Waals surface area contributed by atoms with E-state index in [4.69, 9.17) is 0 Å². The van der Waals surface area contributed by atoms with Crippen molar-refractivity contribution in [2.24, 2.45) is 0 Å². The Kier molecular flexibility index (Phi) is 4.70. The normalized spacial score (nSPS) is 11.3. The van der Waals surface area contributed by atoms with Gasteiger partial charge < -0.3 is 15.6 Å². The molecule has 4 N–H and O–H groups in total. The van der Waals surface area contributed by atoms with Crippen LogP contribution in [-0.4, -0.2) is 36.9 Å². The van der Waals surface area contributed by atoms with Gasteiger partial charge in [-0.3, -0.25) is 5.10 Å². The zero-order valence-electron chi connectivity index (χ0n) is 17.1. The van der Waals surface area contributed by atoms with Crippen molar-refractivity contribution in [3.05, 3.63) is 65.4 Å². The SMILES string of the molecule is Cc1[nH]c2c(F)ccc(C)c2c1CCNc1cc(Nc2ccc3[nH]nnc3c2)ncn1. The first-order chi connectivity index (χ1) is 15.1. The summed E-state index contributed by atoms with van der Waals surface area (Å²) in [5, 5.41) is 18.2. The number of benzene rings is 2. The van der Waals surface area contributed by atoms with Crippen LogP contribution in [0.1, 0.15) is 16.8 Å². The number of nitrogens with zero attached hydrogens (tertiary/aromatic N) is 4. The monoisotopic (exact) mass is 416 g/mol. The molecule has 3 heterocycles. The van der Waals surface area contributed by atoms with Crippen molar-refractivity contribution >= 4 is 39.3 Å². The Morgan fingerprint density at radius 1 is 1.03 bits per heavy atom. The molecule has 0 amide bonds. The zero-order chi connectivity index (χ0) is 21.4. The number of hydrogen-bond acceptors (Lipinski definition) is 6. The first kappa shape index (κ1) is 19.0. The van der Waals surface area contributed by atoms with E-state index in [9.17, 15) is 4.39 Å². The minimum Gasteiger partial charge on any atom is -0.370 e. The lowest BCUT2D eigenvalue weighted by atomic mass is 10.0. The number of anilines is 3. The predicted molar refractivity (Wildman–Crippen MR) is 119 cm³/mol. The maximum Gasteiger partial charge on any atom is 0.147 e. The van der Waals surface area contributed by atoms with Gasteiger partial charge in [0.2, 0.25) is 0 Å². The van der Waals surface area contributed by atoms with Gasteiger partial charge >= 0.3 is 0 Å². The lowest BCUT2D eigenvalue weighted by molar-refractivity contribution is 0.637. The number of fused-ring (bicyclic) bond motifs is 2. The summed E-state index contributed by atoms with van der Waals surface area (Å²) in [7, 11) is 0. The van der Waals surface area contributed by atoms with Crippen LogP contribution in [0.2, 0.25) is 0 Å². The fraction of sp³-hybridized carbons (Fsp3) is 0.182. The van der Waals surface area contributed by atoms with Crippen LogP contribution in [0.5, 0.6) is 0 Å². The van der Waals surface area contributed by atoms with E-state index in [1.165, 1.54) is 12.4 Å². The van der Waals surface area contributed by atoms with Gasteiger partial charge in [0.15, 0.2) is 0 Å². The van der Waals surface area contributed by atoms with Crippen LogP contribution in [-0.2, 0) is 6.42 Å². The number of H-pyrrole nitrogens is 2. The van der Waals surface area contributed by atoms with E-state index in [-0.39, 0.29) is 5.82 Å². The smallest absolute Gasteiger partial charge is 0.147 e. The van der Waals surface area contributed by atoms with Gasteiger partial charge in [-0.05, 0) is 55.7 Å². The molecule has 0 radical (unpaired) electrons. The Morgan fingerprint density at radius 3 is 2.81 bits per heavy atom. The highest BCUT2D eigenvalue weighted by atomic mass is 19.1. The van der Waals surface area contributed by atoms with Gasteiger partial charge in [-0.15, -0.1) is 5.10 Å². The maximum absolute atomic E-state index is 14.2. The minimum absolute atomic E-state index is 0.224. The maximum atomic E-state index is 14.2. The summed E-state index contributed by atoms with van der Waals surface area (Å²) in [5.41, 5.74) is 6.25. The van der Waals surface area contributed by atoms with E-state index in [2.05, 4.69) is 41.0 Å². The fourth-order valence-electron chi connectivity index (χ4n) is 3.86. The molecule has 0 bridgehead atoms. The molecule has 0 saturated carbocycles. The molecule has 0 aliphatic heterocycles. The summed E-state index contributed by atoms with van der Waals surface area (Å²) in [6.07, 6.45) is 2.25. The van der Waals surface area contributed by atoms with Crippen LogP contribution < -0.4 is 10.6 Å². The molecule has 156 valence electrons. The molecule has 5 aromatic rings. The summed E-state index contributed by atoms with van der Waals surface area (Å²) >= 11 is 0. The van der Waals surface area contributed by atoms with Gasteiger partial charge in [0.1, 0.15) is 29.3 Å². The van der Waals surface area contributed by atoms with Crippen LogP contribution in [0, 0.1) is 19.7 Å². The summed E-state index contributed by atoms with van der Waals surface area (Å²) < 4.78 is 14.2. The lowest BCUT2D eigenvalue weighted by Gasteiger charge is -2.09. The van der Waals surface area contributed by atoms with E-state index in [0.717, 1.165) is 45.3 Å². The molecular formula is C22H21FN8. The van der Waals surface area contributed by atoms with Gasteiger partial charge in [-0.2, -0.15) is 0 Å². The molecule has 8 nitrogen and oxygen atoms in total. The Hall–Kier alpha value is -4.01.